The van der Waals surface area contributed by atoms with Gasteiger partial charge in [-0.15, -0.1) is 0 Å². The first-order valence-corrected chi connectivity index (χ1v) is 12.1. The quantitative estimate of drug-likeness (QED) is 0.432. The van der Waals surface area contributed by atoms with Gasteiger partial charge < -0.3 is 29.6 Å². The molecule has 1 unspecified atom stereocenters. The number of benzene rings is 1. The number of nitrogen functional groups attached to an aromatic ring is 1. The number of carbonyl (C=O) groups is 1. The number of rotatable bonds is 4. The highest BCUT2D eigenvalue weighted by molar-refractivity contribution is 6.05. The van der Waals surface area contributed by atoms with Gasteiger partial charge in [-0.25, -0.2) is 14.4 Å². The lowest BCUT2D eigenvalue weighted by atomic mass is 10.0. The minimum Gasteiger partial charge on any atom is -0.453 e. The first kappa shape index (κ1) is 23.3. The summed E-state index contributed by atoms with van der Waals surface area (Å²) in [5.41, 5.74) is 8.92. The summed E-state index contributed by atoms with van der Waals surface area (Å²) in [5, 5.41) is 0.635. The molecule has 3 aliphatic rings. The van der Waals surface area contributed by atoms with Gasteiger partial charge in [-0.2, -0.15) is 0 Å². The highest BCUT2D eigenvalue weighted by Crippen LogP contribution is 2.52. The topological polar surface area (TPSA) is 98.7 Å². The molecule has 3 atom stereocenters. The fraction of sp³-hybridized carbons (Fsp3) is 0.370. The van der Waals surface area contributed by atoms with Crippen LogP contribution in [-0.2, 0) is 11.8 Å². The molecule has 1 aromatic carbocycles. The molecular weight excluding hydrogens is 475 g/mol. The van der Waals surface area contributed by atoms with Crippen LogP contribution in [0.5, 0.6) is 11.5 Å². The van der Waals surface area contributed by atoms with Gasteiger partial charge in [0.25, 0.3) is 0 Å². The zero-order valence-electron chi connectivity index (χ0n) is 20.9. The monoisotopic (exact) mass is 502 g/mol. The minimum absolute atomic E-state index is 0.0539. The van der Waals surface area contributed by atoms with Crippen molar-refractivity contribution in [3.63, 3.8) is 0 Å². The van der Waals surface area contributed by atoms with Crippen molar-refractivity contribution in [3.8, 4) is 34.5 Å². The number of ether oxygens (including phenoxy) is 2. The fourth-order valence-corrected chi connectivity index (χ4v) is 5.39. The Kier molecular flexibility index (Phi) is 5.53. The molecule has 2 fully saturated rings. The SMILES string of the molecule is CN(C)C/C=C/C(=O)N1C[C@@H]2C(C#Cc3c(-c4ccc(F)c5c4OCO5)c4c(N)ncnc4n3C)[C@@H]2C1. The van der Waals surface area contributed by atoms with Gasteiger partial charge in [0.05, 0.1) is 5.39 Å². The van der Waals surface area contributed by atoms with Crippen molar-refractivity contribution >= 4 is 22.8 Å². The summed E-state index contributed by atoms with van der Waals surface area (Å²) in [7, 11) is 5.81. The van der Waals surface area contributed by atoms with E-state index in [-0.39, 0.29) is 24.4 Å². The van der Waals surface area contributed by atoms with Gasteiger partial charge in [-0.05, 0) is 44.0 Å². The smallest absolute Gasteiger partial charge is 0.246 e. The molecule has 0 radical (unpaired) electrons. The van der Waals surface area contributed by atoms with Gasteiger partial charge in [-0.1, -0.05) is 12.0 Å². The normalized spacial score (nSPS) is 21.5. The van der Waals surface area contributed by atoms with E-state index < -0.39 is 5.82 Å². The molecular formula is C27H27FN6O3. The van der Waals surface area contributed by atoms with Crippen molar-refractivity contribution in [3.05, 3.63) is 42.1 Å². The van der Waals surface area contributed by atoms with Crippen LogP contribution in [-0.4, -0.2) is 70.8 Å². The third-order valence-electron chi connectivity index (χ3n) is 7.33. The Morgan fingerprint density at radius 3 is 2.76 bits per heavy atom. The van der Waals surface area contributed by atoms with Crippen LogP contribution >= 0.6 is 0 Å². The molecule has 0 bridgehead atoms. The molecule has 2 aliphatic heterocycles. The van der Waals surface area contributed by atoms with Crippen molar-refractivity contribution in [2.45, 2.75) is 0 Å². The summed E-state index contributed by atoms with van der Waals surface area (Å²) in [6.07, 6.45) is 4.96. The second-order valence-electron chi connectivity index (χ2n) is 9.93. The summed E-state index contributed by atoms with van der Waals surface area (Å²) >= 11 is 0. The Morgan fingerprint density at radius 2 is 2.00 bits per heavy atom. The van der Waals surface area contributed by atoms with Crippen LogP contribution in [0.4, 0.5) is 10.2 Å². The number of hydrogen-bond acceptors (Lipinski definition) is 7. The van der Waals surface area contributed by atoms with Crippen LogP contribution in [0, 0.1) is 35.4 Å². The van der Waals surface area contributed by atoms with Crippen molar-refractivity contribution in [1.82, 2.24) is 24.3 Å². The number of likely N-dealkylation sites (tertiary alicyclic amines) is 1. The van der Waals surface area contributed by atoms with Crippen LogP contribution in [0.1, 0.15) is 5.69 Å². The largest absolute Gasteiger partial charge is 0.453 e. The summed E-state index contributed by atoms with van der Waals surface area (Å²) in [4.78, 5) is 25.0. The fourth-order valence-electron chi connectivity index (χ4n) is 5.39. The number of anilines is 1. The number of hydrogen-bond donors (Lipinski definition) is 1. The van der Waals surface area contributed by atoms with Crippen molar-refractivity contribution < 1.29 is 18.7 Å². The number of amides is 1. The number of piperidine rings is 1. The van der Waals surface area contributed by atoms with Crippen LogP contribution in [0.2, 0.25) is 0 Å². The van der Waals surface area contributed by atoms with Crippen LogP contribution in [0.25, 0.3) is 22.2 Å². The van der Waals surface area contributed by atoms with Gasteiger partial charge in [0.2, 0.25) is 18.4 Å². The van der Waals surface area contributed by atoms with Gasteiger partial charge in [0, 0.05) is 49.8 Å². The van der Waals surface area contributed by atoms with E-state index in [4.69, 9.17) is 15.2 Å². The first-order valence-electron chi connectivity index (χ1n) is 12.1. The van der Waals surface area contributed by atoms with Crippen molar-refractivity contribution in [2.75, 3.05) is 46.3 Å². The lowest BCUT2D eigenvalue weighted by molar-refractivity contribution is -0.125. The molecule has 2 N–H and O–H groups in total. The molecule has 1 saturated heterocycles. The lowest BCUT2D eigenvalue weighted by Gasteiger charge is -2.16. The number of nitrogens with zero attached hydrogens (tertiary/aromatic N) is 5. The minimum atomic E-state index is -0.491. The second kappa shape index (κ2) is 8.78. The van der Waals surface area contributed by atoms with E-state index in [2.05, 4.69) is 21.8 Å². The molecule has 190 valence electrons. The van der Waals surface area contributed by atoms with Crippen molar-refractivity contribution in [1.29, 1.82) is 0 Å². The molecule has 2 aromatic heterocycles. The van der Waals surface area contributed by atoms with E-state index in [0.717, 1.165) is 6.54 Å². The van der Waals surface area contributed by atoms with E-state index in [9.17, 15) is 9.18 Å². The number of fused-ring (bicyclic) bond motifs is 3. The molecule has 6 rings (SSSR count). The molecule has 3 aromatic rings. The third kappa shape index (κ3) is 3.86. The zero-order chi connectivity index (χ0) is 25.8. The Balaban J connectivity index is 1.31. The van der Waals surface area contributed by atoms with Gasteiger partial charge >= 0.3 is 0 Å². The van der Waals surface area contributed by atoms with E-state index in [1.54, 1.807) is 12.1 Å². The Hall–Kier alpha value is -4.10. The first-order chi connectivity index (χ1) is 17.8. The van der Waals surface area contributed by atoms with Crippen molar-refractivity contribution in [2.24, 2.45) is 24.8 Å². The lowest BCUT2D eigenvalue weighted by Crippen LogP contribution is -2.30. The number of nitrogens with two attached hydrogens (primary N) is 1. The summed E-state index contributed by atoms with van der Waals surface area (Å²) in [6, 6.07) is 3.00. The number of carbonyl (C=O) groups excluding carboxylic acids is 1. The maximum atomic E-state index is 14.3. The maximum absolute atomic E-state index is 14.3. The molecule has 1 saturated carbocycles. The zero-order valence-corrected chi connectivity index (χ0v) is 20.9. The van der Waals surface area contributed by atoms with Gasteiger partial charge in [0.15, 0.2) is 11.6 Å². The predicted molar refractivity (Wildman–Crippen MR) is 136 cm³/mol. The molecule has 4 heterocycles. The molecule has 10 heteroatoms. The van der Waals surface area contributed by atoms with E-state index in [0.29, 0.717) is 64.3 Å². The standard InChI is InChI=1S/C27H27FN6O3/c1-32(2)10-4-5-21(35)34-11-17-15(18(17)12-34)7-9-20-22(23-26(29)30-13-31-27(23)33(20)3)16-6-8-19(28)25-24(16)36-14-37-25/h4-6,8,13,15,17-18H,10-12,14H2,1-3H3,(H2,29,30,31)/b5-4+/t15?,17-,18+. The average Bonchev–Trinajstić information content (AvgIpc) is 3.28. The van der Waals surface area contributed by atoms with Crippen LogP contribution in [0.3, 0.4) is 0 Å². The highest BCUT2D eigenvalue weighted by Gasteiger charge is 2.55. The molecule has 0 spiro atoms. The molecule has 37 heavy (non-hydrogen) atoms. The van der Waals surface area contributed by atoms with E-state index in [1.165, 1.54) is 12.4 Å². The number of likely N-dealkylation sites (N-methyl/N-ethyl adjacent to an activating group) is 1. The molecule has 1 aliphatic carbocycles. The second-order valence-corrected chi connectivity index (χ2v) is 9.93. The Morgan fingerprint density at radius 1 is 1.24 bits per heavy atom. The molecule has 1 amide bonds. The Labute approximate surface area is 213 Å². The van der Waals surface area contributed by atoms with Crippen LogP contribution < -0.4 is 15.2 Å². The van der Waals surface area contributed by atoms with Crippen LogP contribution in [0.15, 0.2) is 30.6 Å². The predicted octanol–water partition coefficient (Wildman–Crippen LogP) is 2.26. The number of halogens is 1. The van der Waals surface area contributed by atoms with Gasteiger partial charge in [-0.3, -0.25) is 4.79 Å². The summed E-state index contributed by atoms with van der Waals surface area (Å²) in [5.74, 6) is 8.00. The summed E-state index contributed by atoms with van der Waals surface area (Å²) < 4.78 is 27.2. The third-order valence-corrected chi connectivity index (χ3v) is 7.33. The summed E-state index contributed by atoms with van der Waals surface area (Å²) in [6.45, 7) is 2.10. The average molecular weight is 503 g/mol. The van der Waals surface area contributed by atoms with E-state index in [1.807, 2.05) is 41.6 Å². The highest BCUT2D eigenvalue weighted by atomic mass is 19.1. The molecule has 9 nitrogen and oxygen atoms in total. The maximum Gasteiger partial charge on any atom is 0.246 e. The Bertz CT molecular complexity index is 1510. The van der Waals surface area contributed by atoms with E-state index >= 15 is 0 Å². The van der Waals surface area contributed by atoms with Gasteiger partial charge in [0.1, 0.15) is 23.5 Å². The number of aromatic nitrogens is 3. The number of aryl methyl sites for hydroxylation is 1.